The van der Waals surface area contributed by atoms with Gasteiger partial charge in [-0.05, 0) is 67.9 Å². The van der Waals surface area contributed by atoms with Crippen LogP contribution >= 0.6 is 11.6 Å². The quantitative estimate of drug-likeness (QED) is 0.782. The van der Waals surface area contributed by atoms with E-state index in [9.17, 15) is 8.42 Å². The van der Waals surface area contributed by atoms with Gasteiger partial charge in [-0.3, -0.25) is 0 Å². The molecule has 0 saturated carbocycles. The Hall–Kier alpha value is -0.540. The molecule has 0 amide bonds. The summed E-state index contributed by atoms with van der Waals surface area (Å²) in [5.74, 6) is 0.557. The van der Waals surface area contributed by atoms with Crippen LogP contribution in [-0.2, 0) is 9.84 Å². The average molecular weight is 301 g/mol. The van der Waals surface area contributed by atoms with Crippen molar-refractivity contribution in [1.29, 1.82) is 0 Å². The molecule has 1 heterocycles. The Labute approximate surface area is 121 Å². The van der Waals surface area contributed by atoms with Crippen LogP contribution in [0.15, 0.2) is 6.07 Å². The normalized spacial score (nSPS) is 23.5. The highest BCUT2D eigenvalue weighted by atomic mass is 35.5. The highest BCUT2D eigenvalue weighted by Gasteiger charge is 2.35. The van der Waals surface area contributed by atoms with Crippen molar-refractivity contribution >= 4 is 21.4 Å². The number of alkyl halides is 1. The zero-order valence-corrected chi connectivity index (χ0v) is 13.5. The molecule has 1 aliphatic heterocycles. The van der Waals surface area contributed by atoms with E-state index < -0.39 is 9.84 Å². The monoisotopic (exact) mass is 300 g/mol. The number of rotatable bonds is 2. The minimum absolute atomic E-state index is 0.0465. The van der Waals surface area contributed by atoms with Crippen molar-refractivity contribution in [2.24, 2.45) is 5.92 Å². The predicted molar refractivity (Wildman–Crippen MR) is 80.7 cm³/mol. The summed E-state index contributed by atoms with van der Waals surface area (Å²) in [5, 5.41) is -0.198. The summed E-state index contributed by atoms with van der Waals surface area (Å²) in [6, 6.07) is 2.17. The van der Waals surface area contributed by atoms with Crippen molar-refractivity contribution in [2.45, 2.75) is 39.5 Å². The van der Waals surface area contributed by atoms with E-state index in [1.807, 2.05) is 0 Å². The maximum Gasteiger partial charge on any atom is 0.150 e. The molecule has 2 nitrogen and oxygen atoms in total. The summed E-state index contributed by atoms with van der Waals surface area (Å²) in [6.07, 6.45) is 0.683. The SMILES string of the molecule is Cc1cc(C)c(C)c(C(Cl)C2CCS(=O)(=O)C2)c1C. The van der Waals surface area contributed by atoms with E-state index in [-0.39, 0.29) is 22.8 Å². The van der Waals surface area contributed by atoms with Crippen molar-refractivity contribution in [3.63, 3.8) is 0 Å². The number of halogens is 1. The first-order valence-electron chi connectivity index (χ1n) is 6.64. The minimum Gasteiger partial charge on any atom is -0.229 e. The molecular weight excluding hydrogens is 280 g/mol. The Morgan fingerprint density at radius 1 is 1.16 bits per heavy atom. The van der Waals surface area contributed by atoms with Gasteiger partial charge in [-0.1, -0.05) is 6.07 Å². The molecule has 1 aliphatic rings. The van der Waals surface area contributed by atoms with Crippen molar-refractivity contribution in [1.82, 2.24) is 0 Å². The van der Waals surface area contributed by atoms with Gasteiger partial charge in [-0.2, -0.15) is 0 Å². The summed E-state index contributed by atoms with van der Waals surface area (Å²) >= 11 is 6.63. The predicted octanol–water partition coefficient (Wildman–Crippen LogP) is 3.63. The van der Waals surface area contributed by atoms with Gasteiger partial charge in [0.25, 0.3) is 0 Å². The van der Waals surface area contributed by atoms with Gasteiger partial charge < -0.3 is 0 Å². The van der Waals surface area contributed by atoms with Crippen LogP contribution in [-0.4, -0.2) is 19.9 Å². The fraction of sp³-hybridized carbons (Fsp3) is 0.600. The van der Waals surface area contributed by atoms with Crippen LogP contribution in [0, 0.1) is 33.6 Å². The maximum absolute atomic E-state index is 11.6. The molecule has 1 aromatic rings. The van der Waals surface area contributed by atoms with Crippen LogP contribution in [0.1, 0.15) is 39.6 Å². The van der Waals surface area contributed by atoms with Gasteiger partial charge in [0.2, 0.25) is 0 Å². The van der Waals surface area contributed by atoms with E-state index in [0.717, 1.165) is 5.56 Å². The molecule has 1 fully saturated rings. The number of hydrogen-bond donors (Lipinski definition) is 0. The molecule has 0 spiro atoms. The van der Waals surface area contributed by atoms with E-state index in [0.29, 0.717) is 6.42 Å². The molecular formula is C15H21ClO2S. The van der Waals surface area contributed by atoms with E-state index in [4.69, 9.17) is 11.6 Å². The van der Waals surface area contributed by atoms with E-state index in [1.165, 1.54) is 22.3 Å². The lowest BCUT2D eigenvalue weighted by atomic mass is 9.87. The molecule has 0 bridgehead atoms. The number of hydrogen-bond acceptors (Lipinski definition) is 2. The van der Waals surface area contributed by atoms with Gasteiger partial charge in [0, 0.05) is 0 Å². The van der Waals surface area contributed by atoms with Gasteiger partial charge in [-0.15, -0.1) is 11.6 Å². The minimum atomic E-state index is -2.88. The lowest BCUT2D eigenvalue weighted by Gasteiger charge is -2.23. The third kappa shape index (κ3) is 2.82. The largest absolute Gasteiger partial charge is 0.229 e. The first-order chi connectivity index (χ1) is 8.73. The molecule has 106 valence electrons. The second kappa shape index (κ2) is 5.10. The standard InChI is InChI=1S/C15H21ClO2S/c1-9-7-10(2)12(4)14(11(9)3)15(16)13-5-6-19(17,18)8-13/h7,13,15H,5-6,8H2,1-4H3. The summed E-state index contributed by atoms with van der Waals surface area (Å²) in [5.41, 5.74) is 6.00. The van der Waals surface area contributed by atoms with Crippen LogP contribution in [0.3, 0.4) is 0 Å². The zero-order valence-electron chi connectivity index (χ0n) is 12.0. The van der Waals surface area contributed by atoms with Crippen molar-refractivity contribution in [3.8, 4) is 0 Å². The van der Waals surface area contributed by atoms with Crippen molar-refractivity contribution in [3.05, 3.63) is 33.9 Å². The lowest BCUT2D eigenvalue weighted by Crippen LogP contribution is -2.13. The van der Waals surface area contributed by atoms with Gasteiger partial charge >= 0.3 is 0 Å². The fourth-order valence-electron chi connectivity index (χ4n) is 2.95. The Morgan fingerprint density at radius 2 is 1.68 bits per heavy atom. The molecule has 2 unspecified atom stereocenters. The molecule has 0 aliphatic carbocycles. The molecule has 2 rings (SSSR count). The Kier molecular flexibility index (Phi) is 3.99. The maximum atomic E-state index is 11.6. The van der Waals surface area contributed by atoms with Crippen LogP contribution in [0.4, 0.5) is 0 Å². The fourth-order valence-corrected chi connectivity index (χ4v) is 5.44. The second-order valence-corrected chi connectivity index (χ2v) is 8.44. The van der Waals surface area contributed by atoms with Gasteiger partial charge in [0.1, 0.15) is 0 Å². The molecule has 4 heteroatoms. The number of aryl methyl sites for hydroxylation is 2. The second-order valence-electron chi connectivity index (χ2n) is 5.74. The molecule has 0 aromatic heterocycles. The van der Waals surface area contributed by atoms with Crippen molar-refractivity contribution < 1.29 is 8.42 Å². The van der Waals surface area contributed by atoms with Crippen LogP contribution < -0.4 is 0 Å². The average Bonchev–Trinajstić information content (AvgIpc) is 2.67. The summed E-state index contributed by atoms with van der Waals surface area (Å²) in [4.78, 5) is 0. The third-order valence-electron chi connectivity index (χ3n) is 4.38. The molecule has 0 N–H and O–H groups in total. The molecule has 1 saturated heterocycles. The summed E-state index contributed by atoms with van der Waals surface area (Å²) in [6.45, 7) is 8.33. The summed E-state index contributed by atoms with van der Waals surface area (Å²) in [7, 11) is -2.88. The van der Waals surface area contributed by atoms with Crippen molar-refractivity contribution in [2.75, 3.05) is 11.5 Å². The Morgan fingerprint density at radius 3 is 2.11 bits per heavy atom. The van der Waals surface area contributed by atoms with Gasteiger partial charge in [0.05, 0.1) is 16.9 Å². The Balaban J connectivity index is 2.42. The highest BCUT2D eigenvalue weighted by molar-refractivity contribution is 7.91. The van der Waals surface area contributed by atoms with E-state index in [2.05, 4.69) is 33.8 Å². The van der Waals surface area contributed by atoms with Crippen LogP contribution in [0.2, 0.25) is 0 Å². The van der Waals surface area contributed by atoms with Crippen LogP contribution in [0.25, 0.3) is 0 Å². The first-order valence-corrected chi connectivity index (χ1v) is 8.90. The van der Waals surface area contributed by atoms with Crippen LogP contribution in [0.5, 0.6) is 0 Å². The first kappa shape index (κ1) is 14.9. The van der Waals surface area contributed by atoms with E-state index in [1.54, 1.807) is 0 Å². The number of sulfone groups is 1. The zero-order chi connectivity index (χ0) is 14.4. The molecule has 1 aromatic carbocycles. The third-order valence-corrected chi connectivity index (χ3v) is 6.75. The summed E-state index contributed by atoms with van der Waals surface area (Å²) < 4.78 is 23.2. The van der Waals surface area contributed by atoms with Gasteiger partial charge in [-0.25, -0.2) is 8.42 Å². The highest BCUT2D eigenvalue weighted by Crippen LogP contribution is 2.40. The van der Waals surface area contributed by atoms with Gasteiger partial charge in [0.15, 0.2) is 9.84 Å². The molecule has 19 heavy (non-hydrogen) atoms. The lowest BCUT2D eigenvalue weighted by molar-refractivity contribution is 0.565. The smallest absolute Gasteiger partial charge is 0.150 e. The molecule has 0 radical (unpaired) electrons. The number of benzene rings is 1. The Bertz CT molecular complexity index is 579. The topological polar surface area (TPSA) is 34.1 Å². The van der Waals surface area contributed by atoms with E-state index >= 15 is 0 Å². The molecule has 2 atom stereocenters.